The highest BCUT2D eigenvalue weighted by molar-refractivity contribution is 5.48. The van der Waals surface area contributed by atoms with Crippen molar-refractivity contribution in [1.82, 2.24) is 15.1 Å². The van der Waals surface area contributed by atoms with Crippen LogP contribution in [0.3, 0.4) is 0 Å². The Morgan fingerprint density at radius 1 is 1.12 bits per heavy atom. The van der Waals surface area contributed by atoms with Gasteiger partial charge in [0.25, 0.3) is 0 Å². The normalized spacial score (nSPS) is 27.4. The minimum Gasteiger partial charge on any atom is -0.385 e. The minimum atomic E-state index is -0.758. The first-order valence-corrected chi connectivity index (χ1v) is 8.91. The van der Waals surface area contributed by atoms with Crippen LogP contribution in [0.15, 0.2) is 36.4 Å². The molecule has 0 radical (unpaired) electrons. The van der Waals surface area contributed by atoms with Crippen molar-refractivity contribution in [2.45, 2.75) is 5.60 Å². The lowest BCUT2D eigenvalue weighted by atomic mass is 10.0. The second-order valence-electron chi connectivity index (χ2n) is 6.84. The predicted octanol–water partition coefficient (Wildman–Crippen LogP) is 0.668. The van der Waals surface area contributed by atoms with Gasteiger partial charge in [0.2, 0.25) is 0 Å². The molecular weight excluding hydrogens is 302 g/mol. The molecule has 5 heteroatoms. The van der Waals surface area contributed by atoms with E-state index in [0.717, 1.165) is 39.3 Å². The maximum atomic E-state index is 10.7. The van der Waals surface area contributed by atoms with Crippen LogP contribution in [0.1, 0.15) is 5.56 Å². The van der Waals surface area contributed by atoms with E-state index >= 15 is 0 Å². The van der Waals surface area contributed by atoms with E-state index in [9.17, 15) is 5.11 Å². The summed E-state index contributed by atoms with van der Waals surface area (Å²) in [4.78, 5) is 4.82. The van der Waals surface area contributed by atoms with Crippen molar-refractivity contribution in [3.63, 3.8) is 0 Å². The fourth-order valence-corrected chi connectivity index (χ4v) is 3.33. The summed E-state index contributed by atoms with van der Waals surface area (Å²) in [6.45, 7) is 8.32. The minimum absolute atomic E-state index is 0.431. The number of rotatable bonds is 5. The molecule has 2 saturated heterocycles. The Labute approximate surface area is 144 Å². The molecule has 5 nitrogen and oxygen atoms in total. The number of β-amino-alcohol motifs (C(OH)–C–C–N with tert-alkyl or cyclic N) is 1. The van der Waals surface area contributed by atoms with Gasteiger partial charge in [-0.1, -0.05) is 42.5 Å². The lowest BCUT2D eigenvalue weighted by Crippen LogP contribution is -2.56. The molecule has 0 spiro atoms. The zero-order chi connectivity index (χ0) is 16.7. The van der Waals surface area contributed by atoms with E-state index in [1.165, 1.54) is 5.56 Å². The highest BCUT2D eigenvalue weighted by atomic mass is 16.5. The number of hydrogen-bond acceptors (Lipinski definition) is 5. The molecule has 2 N–H and O–H groups in total. The Bertz CT molecular complexity index is 505. The summed E-state index contributed by atoms with van der Waals surface area (Å²) in [7, 11) is 0. The Hall–Kier alpha value is -1.24. The zero-order valence-electron chi connectivity index (χ0n) is 14.4. The Balaban J connectivity index is 1.40. The number of hydrogen-bond donors (Lipinski definition) is 2. The third kappa shape index (κ3) is 5.40. The summed E-state index contributed by atoms with van der Waals surface area (Å²) in [5.41, 5.74) is 0.491. The molecule has 0 amide bonds. The standard InChI is InChI=1S/C19H29N3O2/c23-19(15-20-8-14-24-17-19)16-22-12-10-21(11-13-22)9-4-7-18-5-2-1-3-6-18/h1-7,20,23H,8-17H2/b7-4+/t19-/m1/s1. The van der Waals surface area contributed by atoms with Gasteiger partial charge in [-0.3, -0.25) is 9.80 Å². The van der Waals surface area contributed by atoms with Crippen LogP contribution in [0.25, 0.3) is 6.08 Å². The summed E-state index contributed by atoms with van der Waals surface area (Å²) in [6.07, 6.45) is 4.42. The Kier molecular flexibility index (Phi) is 6.40. The van der Waals surface area contributed by atoms with Gasteiger partial charge in [0.15, 0.2) is 0 Å². The average Bonchev–Trinajstić information content (AvgIpc) is 2.82. The van der Waals surface area contributed by atoms with Crippen molar-refractivity contribution in [3.05, 3.63) is 42.0 Å². The fourth-order valence-electron chi connectivity index (χ4n) is 3.33. The second-order valence-corrected chi connectivity index (χ2v) is 6.84. The van der Waals surface area contributed by atoms with Crippen molar-refractivity contribution in [1.29, 1.82) is 0 Å². The molecule has 2 fully saturated rings. The maximum Gasteiger partial charge on any atom is 0.113 e. The molecule has 0 bridgehead atoms. The largest absolute Gasteiger partial charge is 0.385 e. The number of piperazine rings is 1. The van der Waals surface area contributed by atoms with Gasteiger partial charge in [0.05, 0.1) is 13.2 Å². The molecule has 0 aliphatic carbocycles. The number of ether oxygens (including phenoxy) is 1. The molecule has 24 heavy (non-hydrogen) atoms. The van der Waals surface area contributed by atoms with Crippen LogP contribution in [0, 0.1) is 0 Å². The zero-order valence-corrected chi connectivity index (χ0v) is 14.4. The monoisotopic (exact) mass is 331 g/mol. The van der Waals surface area contributed by atoms with Crippen LogP contribution < -0.4 is 5.32 Å². The molecule has 132 valence electrons. The molecule has 0 saturated carbocycles. The topological polar surface area (TPSA) is 48.0 Å². The van der Waals surface area contributed by atoms with E-state index < -0.39 is 5.60 Å². The summed E-state index contributed by atoms with van der Waals surface area (Å²) < 4.78 is 5.51. The first kappa shape index (κ1) is 17.6. The third-order valence-corrected chi connectivity index (χ3v) is 4.70. The summed E-state index contributed by atoms with van der Waals surface area (Å²) in [5, 5.41) is 13.9. The smallest absolute Gasteiger partial charge is 0.113 e. The van der Waals surface area contributed by atoms with Crippen LogP contribution in [-0.4, -0.2) is 86.1 Å². The SMILES string of the molecule is O[C@@]1(CN2CCN(C/C=C/c3ccccc3)CC2)CNCCOC1. The van der Waals surface area contributed by atoms with Crippen molar-refractivity contribution in [2.75, 3.05) is 65.6 Å². The van der Waals surface area contributed by atoms with E-state index in [1.807, 2.05) is 6.07 Å². The van der Waals surface area contributed by atoms with Gasteiger partial charge in [-0.2, -0.15) is 0 Å². The van der Waals surface area contributed by atoms with Gasteiger partial charge in [-0.25, -0.2) is 0 Å². The van der Waals surface area contributed by atoms with Gasteiger partial charge in [-0.05, 0) is 5.56 Å². The van der Waals surface area contributed by atoms with Crippen LogP contribution in [0.2, 0.25) is 0 Å². The quantitative estimate of drug-likeness (QED) is 0.830. The van der Waals surface area contributed by atoms with Crippen molar-refractivity contribution in [3.8, 4) is 0 Å². The van der Waals surface area contributed by atoms with E-state index in [4.69, 9.17) is 4.74 Å². The number of aliphatic hydroxyl groups is 1. The van der Waals surface area contributed by atoms with Crippen LogP contribution >= 0.6 is 0 Å². The summed E-state index contributed by atoms with van der Waals surface area (Å²) >= 11 is 0. The number of benzene rings is 1. The van der Waals surface area contributed by atoms with Crippen LogP contribution in [0.4, 0.5) is 0 Å². The summed E-state index contributed by atoms with van der Waals surface area (Å²) in [6, 6.07) is 10.4. The molecule has 1 aromatic carbocycles. The molecule has 1 atom stereocenters. The molecule has 2 aliphatic heterocycles. The van der Waals surface area contributed by atoms with Gasteiger partial charge in [-0.15, -0.1) is 0 Å². The maximum absolute atomic E-state index is 10.7. The molecule has 1 aromatic rings. The second kappa shape index (κ2) is 8.74. The van der Waals surface area contributed by atoms with E-state index in [1.54, 1.807) is 0 Å². The van der Waals surface area contributed by atoms with Gasteiger partial charge < -0.3 is 15.2 Å². The molecule has 0 aromatic heterocycles. The van der Waals surface area contributed by atoms with Crippen LogP contribution in [0.5, 0.6) is 0 Å². The highest BCUT2D eigenvalue weighted by Crippen LogP contribution is 2.12. The van der Waals surface area contributed by atoms with Crippen molar-refractivity contribution >= 4 is 6.08 Å². The van der Waals surface area contributed by atoms with E-state index in [-0.39, 0.29) is 0 Å². The number of nitrogens with one attached hydrogen (secondary N) is 1. The molecule has 3 rings (SSSR count). The van der Waals surface area contributed by atoms with Gasteiger partial charge >= 0.3 is 0 Å². The first-order valence-electron chi connectivity index (χ1n) is 8.91. The Morgan fingerprint density at radius 3 is 2.67 bits per heavy atom. The van der Waals surface area contributed by atoms with Crippen molar-refractivity contribution in [2.24, 2.45) is 0 Å². The molecule has 2 heterocycles. The highest BCUT2D eigenvalue weighted by Gasteiger charge is 2.32. The fraction of sp³-hybridized carbons (Fsp3) is 0.579. The van der Waals surface area contributed by atoms with E-state index in [0.29, 0.717) is 26.3 Å². The molecular formula is C19H29N3O2. The van der Waals surface area contributed by atoms with Gasteiger partial charge in [0.1, 0.15) is 5.60 Å². The predicted molar refractivity (Wildman–Crippen MR) is 97.0 cm³/mol. The van der Waals surface area contributed by atoms with Crippen molar-refractivity contribution < 1.29 is 9.84 Å². The van der Waals surface area contributed by atoms with Crippen LogP contribution in [-0.2, 0) is 4.74 Å². The third-order valence-electron chi connectivity index (χ3n) is 4.70. The first-order chi connectivity index (χ1) is 11.7. The summed E-state index contributed by atoms with van der Waals surface area (Å²) in [5.74, 6) is 0. The molecule has 2 aliphatic rings. The average molecular weight is 331 g/mol. The number of nitrogens with zero attached hydrogens (tertiary/aromatic N) is 2. The Morgan fingerprint density at radius 2 is 1.88 bits per heavy atom. The molecule has 0 unspecified atom stereocenters. The lowest BCUT2D eigenvalue weighted by molar-refractivity contribution is -0.0547. The van der Waals surface area contributed by atoms with E-state index in [2.05, 4.69) is 51.5 Å². The lowest BCUT2D eigenvalue weighted by Gasteiger charge is -2.38. The van der Waals surface area contributed by atoms with Gasteiger partial charge in [0, 0.05) is 52.4 Å².